The molecule has 4 aromatic rings. The molecule has 0 aliphatic heterocycles. The van der Waals surface area contributed by atoms with E-state index in [0.29, 0.717) is 28.4 Å². The number of para-hydroxylation sites is 1. The summed E-state index contributed by atoms with van der Waals surface area (Å²) in [5, 5.41) is 17.9. The zero-order valence-corrected chi connectivity index (χ0v) is 19.2. The van der Waals surface area contributed by atoms with E-state index in [4.69, 9.17) is 4.74 Å². The summed E-state index contributed by atoms with van der Waals surface area (Å²) in [6.45, 7) is 2.97. The van der Waals surface area contributed by atoms with Crippen LogP contribution in [0.4, 0.5) is 4.39 Å². The van der Waals surface area contributed by atoms with Gasteiger partial charge in [0.05, 0.1) is 11.3 Å². The summed E-state index contributed by atoms with van der Waals surface area (Å²) in [5.74, 6) is 0.604. The van der Waals surface area contributed by atoms with Crippen molar-refractivity contribution in [2.24, 2.45) is 0 Å². The van der Waals surface area contributed by atoms with Gasteiger partial charge in [0.1, 0.15) is 12.1 Å². The number of benzene rings is 2. The van der Waals surface area contributed by atoms with Gasteiger partial charge in [-0.15, -0.1) is 15.3 Å². The Morgan fingerprint density at radius 2 is 1.82 bits per heavy atom. The maximum atomic E-state index is 13.9. The number of rotatable bonds is 11. The van der Waals surface area contributed by atoms with Gasteiger partial charge in [0, 0.05) is 6.54 Å². The maximum Gasteiger partial charge on any atom is 0.278 e. The third-order valence-electron chi connectivity index (χ3n) is 5.17. The first-order chi connectivity index (χ1) is 16.2. The third kappa shape index (κ3) is 5.57. The Labute approximate surface area is 194 Å². The molecule has 33 heavy (non-hydrogen) atoms. The molecular formula is C23H25FN6O2S. The Hall–Kier alpha value is -3.27. The molecule has 0 aliphatic rings. The van der Waals surface area contributed by atoms with E-state index >= 15 is 0 Å². The second-order valence-electron chi connectivity index (χ2n) is 7.51. The van der Waals surface area contributed by atoms with E-state index in [1.54, 1.807) is 36.4 Å². The highest BCUT2D eigenvalue weighted by Crippen LogP contribution is 2.22. The molecule has 10 heteroatoms. The Morgan fingerprint density at radius 1 is 1.00 bits per heavy atom. The number of thioether (sulfide) groups is 1. The summed E-state index contributed by atoms with van der Waals surface area (Å²) in [6.07, 6.45) is 4.33. The lowest BCUT2D eigenvalue weighted by Crippen LogP contribution is -2.23. The maximum absolute atomic E-state index is 13.9. The van der Waals surface area contributed by atoms with Crippen molar-refractivity contribution in [2.75, 3.05) is 0 Å². The number of hydrogen-bond donors (Lipinski definition) is 0. The Balaban J connectivity index is 1.51. The van der Waals surface area contributed by atoms with Gasteiger partial charge < -0.3 is 9.30 Å². The molecule has 2 heterocycles. The third-order valence-corrected chi connectivity index (χ3v) is 6.10. The van der Waals surface area contributed by atoms with Crippen LogP contribution in [0.5, 0.6) is 5.75 Å². The molecule has 0 spiro atoms. The van der Waals surface area contributed by atoms with Crippen LogP contribution < -0.4 is 10.3 Å². The smallest absolute Gasteiger partial charge is 0.278 e. The van der Waals surface area contributed by atoms with Gasteiger partial charge >= 0.3 is 0 Å². The summed E-state index contributed by atoms with van der Waals surface area (Å²) < 4.78 is 22.9. The molecule has 8 nitrogen and oxygen atoms in total. The molecule has 0 fully saturated rings. The quantitative estimate of drug-likeness (QED) is 0.238. The zero-order chi connectivity index (χ0) is 23.0. The number of nitrogens with zero attached hydrogens (tertiary/aromatic N) is 6. The number of fused-ring (bicyclic) bond motifs is 1. The topological polar surface area (TPSA) is 87.7 Å². The predicted octanol–water partition coefficient (Wildman–Crippen LogP) is 4.43. The molecule has 2 aromatic carbocycles. The molecule has 0 saturated carbocycles. The summed E-state index contributed by atoms with van der Waals surface area (Å²) in [5.41, 5.74) is 0.362. The van der Waals surface area contributed by atoms with Crippen molar-refractivity contribution in [3.8, 4) is 5.75 Å². The number of ether oxygens (including phenoxy) is 1. The number of hydrogen-bond acceptors (Lipinski definition) is 7. The zero-order valence-electron chi connectivity index (χ0n) is 18.4. The second kappa shape index (κ2) is 11.0. The van der Waals surface area contributed by atoms with Gasteiger partial charge in [-0.2, -0.15) is 4.68 Å². The van der Waals surface area contributed by atoms with Crippen LogP contribution in [0.15, 0.2) is 58.5 Å². The van der Waals surface area contributed by atoms with Gasteiger partial charge in [-0.3, -0.25) is 4.79 Å². The highest BCUT2D eigenvalue weighted by molar-refractivity contribution is 7.98. The average Bonchev–Trinajstić information content (AvgIpc) is 3.22. The predicted molar refractivity (Wildman–Crippen MR) is 125 cm³/mol. The minimum atomic E-state index is -0.421. The summed E-state index contributed by atoms with van der Waals surface area (Å²) in [4.78, 5) is 12.7. The molecule has 0 atom stereocenters. The molecule has 2 aromatic heterocycles. The van der Waals surface area contributed by atoms with Crippen LogP contribution >= 0.6 is 11.8 Å². The first-order valence-corrected chi connectivity index (χ1v) is 11.9. The van der Waals surface area contributed by atoms with Crippen LogP contribution in [0.1, 0.15) is 38.4 Å². The summed E-state index contributed by atoms with van der Waals surface area (Å²) >= 11 is 1.35. The van der Waals surface area contributed by atoms with E-state index in [2.05, 4.69) is 27.4 Å². The first kappa shape index (κ1) is 22.9. The molecular weight excluding hydrogens is 443 g/mol. The Bertz CT molecular complexity index is 1280. The Kier molecular flexibility index (Phi) is 7.66. The van der Waals surface area contributed by atoms with Gasteiger partial charge in [-0.25, -0.2) is 4.39 Å². The van der Waals surface area contributed by atoms with Crippen LogP contribution in [0.3, 0.4) is 0 Å². The van der Waals surface area contributed by atoms with E-state index in [1.807, 2.05) is 10.6 Å². The number of aromatic nitrogens is 6. The van der Waals surface area contributed by atoms with E-state index in [-0.39, 0.29) is 23.8 Å². The van der Waals surface area contributed by atoms with Crippen molar-refractivity contribution >= 4 is 22.7 Å². The van der Waals surface area contributed by atoms with Gasteiger partial charge in [0.15, 0.2) is 22.5 Å². The fourth-order valence-electron chi connectivity index (χ4n) is 3.38. The molecule has 0 bridgehead atoms. The monoisotopic (exact) mass is 468 g/mol. The van der Waals surface area contributed by atoms with Crippen LogP contribution in [-0.2, 0) is 19.0 Å². The van der Waals surface area contributed by atoms with Gasteiger partial charge in [0.2, 0.25) is 0 Å². The van der Waals surface area contributed by atoms with Crippen molar-refractivity contribution in [2.45, 2.75) is 56.8 Å². The van der Waals surface area contributed by atoms with Crippen molar-refractivity contribution in [1.29, 1.82) is 0 Å². The standard InChI is InChI=1S/C23H25FN6O2S/c1-2-3-4-9-14-29-21(15-32-20-13-8-6-11-18(20)24)26-27-23(29)33-16-30-22(31)17-10-5-7-12-19(17)25-28-30/h5-8,10-13H,2-4,9,14-16H2,1H3. The van der Waals surface area contributed by atoms with Crippen molar-refractivity contribution in [1.82, 2.24) is 29.8 Å². The van der Waals surface area contributed by atoms with Gasteiger partial charge in [0.25, 0.3) is 5.56 Å². The van der Waals surface area contributed by atoms with Crippen LogP contribution in [0.2, 0.25) is 0 Å². The fraction of sp³-hybridized carbons (Fsp3) is 0.348. The SMILES string of the molecule is CCCCCCn1c(COc2ccccc2F)nnc1SCn1nnc2ccccc2c1=O. The minimum absolute atomic E-state index is 0.0952. The normalized spacial score (nSPS) is 11.2. The van der Waals surface area contributed by atoms with E-state index in [1.165, 1.54) is 22.5 Å². The van der Waals surface area contributed by atoms with Crippen LogP contribution in [0.25, 0.3) is 10.9 Å². The fourth-order valence-corrected chi connectivity index (χ4v) is 4.24. The molecule has 172 valence electrons. The summed E-state index contributed by atoms with van der Waals surface area (Å²) in [6, 6.07) is 13.4. The van der Waals surface area contributed by atoms with Crippen molar-refractivity contribution < 1.29 is 9.13 Å². The van der Waals surface area contributed by atoms with Gasteiger partial charge in [-0.1, -0.05) is 67.4 Å². The Morgan fingerprint density at radius 3 is 2.67 bits per heavy atom. The molecule has 0 aliphatic carbocycles. The summed E-state index contributed by atoms with van der Waals surface area (Å²) in [7, 11) is 0. The molecule has 0 amide bonds. The van der Waals surface area contributed by atoms with Gasteiger partial charge in [-0.05, 0) is 30.7 Å². The van der Waals surface area contributed by atoms with Crippen LogP contribution in [-0.4, -0.2) is 29.8 Å². The lowest BCUT2D eigenvalue weighted by atomic mass is 10.2. The van der Waals surface area contributed by atoms with Crippen molar-refractivity contribution in [3.63, 3.8) is 0 Å². The molecule has 0 unspecified atom stereocenters. The molecule has 4 rings (SSSR count). The first-order valence-electron chi connectivity index (χ1n) is 10.9. The second-order valence-corrected chi connectivity index (χ2v) is 8.43. The largest absolute Gasteiger partial charge is 0.483 e. The minimum Gasteiger partial charge on any atom is -0.483 e. The number of halogens is 1. The lowest BCUT2D eigenvalue weighted by molar-refractivity contribution is 0.273. The van der Waals surface area contributed by atoms with Crippen LogP contribution in [0, 0.1) is 5.82 Å². The van der Waals surface area contributed by atoms with E-state index in [9.17, 15) is 9.18 Å². The highest BCUT2D eigenvalue weighted by Gasteiger charge is 2.15. The van der Waals surface area contributed by atoms with E-state index in [0.717, 1.165) is 25.7 Å². The average molecular weight is 469 g/mol. The highest BCUT2D eigenvalue weighted by atomic mass is 32.2. The molecule has 0 radical (unpaired) electrons. The lowest BCUT2D eigenvalue weighted by Gasteiger charge is -2.11. The molecule has 0 N–H and O–H groups in total. The van der Waals surface area contributed by atoms with E-state index < -0.39 is 5.82 Å². The number of unbranched alkanes of at least 4 members (excludes halogenated alkanes) is 3. The van der Waals surface area contributed by atoms with Crippen molar-refractivity contribution in [3.05, 3.63) is 70.5 Å². The molecule has 0 saturated heterocycles.